The Bertz CT molecular complexity index is 379. The number of nitrogens with zero attached hydrogens (tertiary/aromatic N) is 1. The van der Waals surface area contributed by atoms with Gasteiger partial charge in [-0.25, -0.2) is 4.98 Å². The summed E-state index contributed by atoms with van der Waals surface area (Å²) < 4.78 is 38.6. The highest BCUT2D eigenvalue weighted by molar-refractivity contribution is 5.92. The molecule has 0 saturated heterocycles. The number of ether oxygens (including phenoxy) is 1. The fourth-order valence-corrected chi connectivity index (χ4v) is 0.737. The Labute approximate surface area is 103 Å². The van der Waals surface area contributed by atoms with Crippen LogP contribution < -0.4 is 10.5 Å². The van der Waals surface area contributed by atoms with Crippen molar-refractivity contribution in [3.63, 3.8) is 0 Å². The smallest absolute Gasteiger partial charge is 0.388 e. The van der Waals surface area contributed by atoms with Gasteiger partial charge in [0.05, 0.1) is 0 Å². The molecule has 0 spiro atoms. The second kappa shape index (κ2) is 7.52. The van der Waals surface area contributed by atoms with E-state index in [-0.39, 0.29) is 5.56 Å². The van der Waals surface area contributed by atoms with Gasteiger partial charge in [0.2, 0.25) is 11.8 Å². The van der Waals surface area contributed by atoms with Crippen LogP contribution >= 0.6 is 0 Å². The van der Waals surface area contributed by atoms with Crippen molar-refractivity contribution in [3.8, 4) is 5.88 Å². The summed E-state index contributed by atoms with van der Waals surface area (Å²) in [7, 11) is 0. The van der Waals surface area contributed by atoms with E-state index in [1.165, 1.54) is 18.9 Å². The monoisotopic (exact) mass is 264 g/mol. The van der Waals surface area contributed by atoms with E-state index in [1.54, 1.807) is 0 Å². The lowest BCUT2D eigenvalue weighted by molar-refractivity contribution is -0.276. The molecule has 0 fully saturated rings. The lowest BCUT2D eigenvalue weighted by Gasteiger charge is -2.07. The average Bonchev–Trinajstić information content (AvgIpc) is 2.27. The zero-order valence-electron chi connectivity index (χ0n) is 10.1. The summed E-state index contributed by atoms with van der Waals surface area (Å²) in [6.07, 6.45) is -1.19. The van der Waals surface area contributed by atoms with E-state index >= 15 is 0 Å². The number of hydrogen-bond acceptors (Lipinski definition) is 3. The molecule has 1 amide bonds. The van der Waals surface area contributed by atoms with Gasteiger partial charge in [-0.15, -0.1) is 13.2 Å². The van der Waals surface area contributed by atoms with Crippen LogP contribution in [0.2, 0.25) is 0 Å². The molecule has 0 atom stereocenters. The minimum atomic E-state index is -4.83. The number of alkyl halides is 3. The van der Waals surface area contributed by atoms with Gasteiger partial charge in [-0.1, -0.05) is 26.7 Å². The number of amides is 1. The summed E-state index contributed by atoms with van der Waals surface area (Å²) in [5.41, 5.74) is 4.74. The van der Waals surface area contributed by atoms with Gasteiger partial charge in [0, 0.05) is 17.8 Å². The molecule has 4 nitrogen and oxygen atoms in total. The quantitative estimate of drug-likeness (QED) is 0.912. The molecule has 0 radical (unpaired) electrons. The van der Waals surface area contributed by atoms with E-state index in [1.807, 2.05) is 0 Å². The van der Waals surface area contributed by atoms with Crippen LogP contribution in [0, 0.1) is 0 Å². The van der Waals surface area contributed by atoms with Crippen molar-refractivity contribution in [1.82, 2.24) is 4.98 Å². The SMILES string of the molecule is CCCC.NC(=O)c1ccnc(OC(F)(F)F)c1. The molecule has 18 heavy (non-hydrogen) atoms. The third-order valence-electron chi connectivity index (χ3n) is 1.74. The number of carbonyl (C=O) groups is 1. The number of nitrogens with two attached hydrogens (primary N) is 1. The Morgan fingerprint density at radius 2 is 1.94 bits per heavy atom. The molecule has 1 aromatic rings. The Hall–Kier alpha value is -1.79. The fraction of sp³-hybridized carbons (Fsp3) is 0.455. The summed E-state index contributed by atoms with van der Waals surface area (Å²) in [6, 6.07) is 2.00. The number of carbonyl (C=O) groups excluding carboxylic acids is 1. The summed E-state index contributed by atoms with van der Waals surface area (Å²) >= 11 is 0. The molecule has 0 unspecified atom stereocenters. The van der Waals surface area contributed by atoms with Crippen molar-refractivity contribution in [2.45, 2.75) is 33.1 Å². The normalized spacial score (nSPS) is 10.3. The largest absolute Gasteiger partial charge is 0.574 e. The van der Waals surface area contributed by atoms with Crippen molar-refractivity contribution in [3.05, 3.63) is 23.9 Å². The van der Waals surface area contributed by atoms with Crippen LogP contribution in [0.25, 0.3) is 0 Å². The Balaban J connectivity index is 0.000000631. The molecule has 0 aromatic carbocycles. The zero-order valence-corrected chi connectivity index (χ0v) is 10.1. The van der Waals surface area contributed by atoms with Crippen molar-refractivity contribution in [1.29, 1.82) is 0 Å². The topological polar surface area (TPSA) is 65.2 Å². The molecule has 7 heteroatoms. The van der Waals surface area contributed by atoms with Gasteiger partial charge >= 0.3 is 6.36 Å². The van der Waals surface area contributed by atoms with Gasteiger partial charge in [-0.2, -0.15) is 0 Å². The first-order valence-electron chi connectivity index (χ1n) is 5.31. The van der Waals surface area contributed by atoms with Gasteiger partial charge in [0.1, 0.15) is 0 Å². The summed E-state index contributed by atoms with van der Waals surface area (Å²) in [5, 5.41) is 0. The van der Waals surface area contributed by atoms with E-state index in [9.17, 15) is 18.0 Å². The third-order valence-corrected chi connectivity index (χ3v) is 1.74. The van der Waals surface area contributed by atoms with Crippen LogP contribution in [-0.4, -0.2) is 17.3 Å². The Morgan fingerprint density at radius 3 is 2.33 bits per heavy atom. The second-order valence-electron chi connectivity index (χ2n) is 3.29. The Kier molecular flexibility index (Phi) is 6.77. The number of halogens is 3. The van der Waals surface area contributed by atoms with Gasteiger partial charge in [-0.05, 0) is 6.07 Å². The molecule has 1 heterocycles. The number of unbranched alkanes of at least 4 members (excludes halogenated alkanes) is 1. The van der Waals surface area contributed by atoms with Crippen molar-refractivity contribution < 1.29 is 22.7 Å². The van der Waals surface area contributed by atoms with Gasteiger partial charge in [0.15, 0.2) is 0 Å². The highest BCUT2D eigenvalue weighted by Crippen LogP contribution is 2.20. The van der Waals surface area contributed by atoms with E-state index < -0.39 is 18.1 Å². The van der Waals surface area contributed by atoms with Gasteiger partial charge in [-0.3, -0.25) is 4.79 Å². The van der Waals surface area contributed by atoms with E-state index in [4.69, 9.17) is 5.73 Å². The first-order chi connectivity index (χ1) is 8.30. The molecule has 1 aromatic heterocycles. The van der Waals surface area contributed by atoms with Crippen molar-refractivity contribution in [2.24, 2.45) is 5.73 Å². The van der Waals surface area contributed by atoms with E-state index in [0.717, 1.165) is 12.3 Å². The molecule has 0 aliphatic carbocycles. The van der Waals surface area contributed by atoms with Crippen LogP contribution in [0.1, 0.15) is 37.0 Å². The molecule has 2 N–H and O–H groups in total. The maximum atomic E-state index is 11.7. The van der Waals surface area contributed by atoms with E-state index in [2.05, 4.69) is 23.6 Å². The molecule has 0 bridgehead atoms. The number of pyridine rings is 1. The number of primary amides is 1. The van der Waals surface area contributed by atoms with Crippen molar-refractivity contribution >= 4 is 5.91 Å². The first kappa shape index (κ1) is 16.2. The third kappa shape index (κ3) is 7.48. The predicted octanol–water partition coefficient (Wildman–Crippen LogP) is 2.89. The molecule has 0 saturated carbocycles. The predicted molar refractivity (Wildman–Crippen MR) is 60.0 cm³/mol. The van der Waals surface area contributed by atoms with Crippen molar-refractivity contribution in [2.75, 3.05) is 0 Å². The van der Waals surface area contributed by atoms with Crippen LogP contribution in [-0.2, 0) is 0 Å². The highest BCUT2D eigenvalue weighted by Gasteiger charge is 2.31. The Morgan fingerprint density at radius 1 is 1.39 bits per heavy atom. The van der Waals surface area contributed by atoms with Gasteiger partial charge < -0.3 is 10.5 Å². The molecule has 0 aliphatic rings. The van der Waals surface area contributed by atoms with Crippen LogP contribution in [0.4, 0.5) is 13.2 Å². The first-order valence-corrected chi connectivity index (χ1v) is 5.31. The van der Waals surface area contributed by atoms with Crippen LogP contribution in [0.3, 0.4) is 0 Å². The minimum absolute atomic E-state index is 0.0979. The fourth-order valence-electron chi connectivity index (χ4n) is 0.737. The average molecular weight is 264 g/mol. The molecule has 102 valence electrons. The molecular weight excluding hydrogens is 249 g/mol. The zero-order chi connectivity index (χ0) is 14.2. The maximum Gasteiger partial charge on any atom is 0.574 e. The molecule has 1 rings (SSSR count). The number of rotatable bonds is 3. The van der Waals surface area contributed by atoms with Gasteiger partial charge in [0.25, 0.3) is 0 Å². The molecule has 0 aliphatic heterocycles. The summed E-state index contributed by atoms with van der Waals surface area (Å²) in [5.74, 6) is -1.56. The maximum absolute atomic E-state index is 11.7. The lowest BCUT2D eigenvalue weighted by Crippen LogP contribution is -2.18. The summed E-state index contributed by atoms with van der Waals surface area (Å²) in [6.45, 7) is 4.36. The lowest BCUT2D eigenvalue weighted by atomic mass is 10.2. The standard InChI is InChI=1S/C7H5F3N2O2.C4H10/c8-7(9,10)14-5-3-4(6(11)13)1-2-12-5;1-3-4-2/h1-3H,(H2,11,13);3-4H2,1-2H3. The molecular formula is C11H15F3N2O2. The van der Waals surface area contributed by atoms with E-state index in [0.29, 0.717) is 0 Å². The number of aromatic nitrogens is 1. The highest BCUT2D eigenvalue weighted by atomic mass is 19.4. The van der Waals surface area contributed by atoms with Crippen LogP contribution in [0.5, 0.6) is 5.88 Å². The minimum Gasteiger partial charge on any atom is -0.388 e. The van der Waals surface area contributed by atoms with Crippen LogP contribution in [0.15, 0.2) is 18.3 Å². The summed E-state index contributed by atoms with van der Waals surface area (Å²) in [4.78, 5) is 13.8. The second-order valence-corrected chi connectivity index (χ2v) is 3.29. The number of hydrogen-bond donors (Lipinski definition) is 1.